The fourth-order valence-electron chi connectivity index (χ4n) is 2.33. The molecule has 1 N–H and O–H groups in total. The highest BCUT2D eigenvalue weighted by atomic mass is 32.2. The molecule has 0 bridgehead atoms. The molecular formula is C19H24N2O2S. The van der Waals surface area contributed by atoms with E-state index in [2.05, 4.69) is 29.8 Å². The molecule has 0 unspecified atom stereocenters. The van der Waals surface area contributed by atoms with E-state index in [1.165, 1.54) is 4.90 Å². The number of hydrogen-bond donors (Lipinski definition) is 1. The van der Waals surface area contributed by atoms with Gasteiger partial charge < -0.3 is 15.0 Å². The average Bonchev–Trinajstić information content (AvgIpc) is 2.60. The van der Waals surface area contributed by atoms with Crippen molar-refractivity contribution in [3.05, 3.63) is 54.1 Å². The minimum atomic E-state index is -0.107. The molecule has 2 aromatic carbocycles. The van der Waals surface area contributed by atoms with Gasteiger partial charge in [-0.05, 0) is 62.1 Å². The fraction of sp³-hybridized carbons (Fsp3) is 0.316. The number of ether oxygens (including phenoxy) is 1. The predicted octanol–water partition coefficient (Wildman–Crippen LogP) is 4.86. The number of urea groups is 1. The SMILES string of the molecule is COc1ccc(NC(=O)N(Cc2cccc(SC)c2)C(C)C)cc1. The van der Waals surface area contributed by atoms with Crippen molar-refractivity contribution in [2.24, 2.45) is 0 Å². The Balaban J connectivity index is 2.09. The van der Waals surface area contributed by atoms with Gasteiger partial charge in [-0.2, -0.15) is 0 Å². The van der Waals surface area contributed by atoms with Gasteiger partial charge in [-0.15, -0.1) is 11.8 Å². The van der Waals surface area contributed by atoms with Crippen molar-refractivity contribution in [1.29, 1.82) is 0 Å². The van der Waals surface area contributed by atoms with Gasteiger partial charge in [-0.3, -0.25) is 0 Å². The standard InChI is InChI=1S/C19H24N2O2S/c1-14(2)21(13-15-6-5-7-18(12-15)24-4)19(22)20-16-8-10-17(23-3)11-9-16/h5-12,14H,13H2,1-4H3,(H,20,22). The fourth-order valence-corrected chi connectivity index (χ4v) is 2.81. The Hall–Kier alpha value is -2.14. The van der Waals surface area contributed by atoms with E-state index < -0.39 is 0 Å². The molecule has 5 heteroatoms. The first-order valence-electron chi connectivity index (χ1n) is 7.88. The van der Waals surface area contributed by atoms with Crippen LogP contribution in [-0.4, -0.2) is 30.3 Å². The van der Waals surface area contributed by atoms with Crippen LogP contribution in [0.3, 0.4) is 0 Å². The second-order valence-electron chi connectivity index (χ2n) is 5.73. The molecule has 2 rings (SSSR count). The first kappa shape index (κ1) is 18.2. The van der Waals surface area contributed by atoms with Gasteiger partial charge in [0.1, 0.15) is 5.75 Å². The summed E-state index contributed by atoms with van der Waals surface area (Å²) in [5.41, 5.74) is 1.88. The number of amides is 2. The monoisotopic (exact) mass is 344 g/mol. The Morgan fingerprint density at radius 1 is 1.21 bits per heavy atom. The summed E-state index contributed by atoms with van der Waals surface area (Å²) in [6, 6.07) is 15.6. The van der Waals surface area contributed by atoms with Crippen molar-refractivity contribution in [3.8, 4) is 5.75 Å². The maximum Gasteiger partial charge on any atom is 0.322 e. The highest BCUT2D eigenvalue weighted by Gasteiger charge is 2.17. The molecule has 0 radical (unpaired) electrons. The average molecular weight is 344 g/mol. The number of methoxy groups -OCH3 is 1. The smallest absolute Gasteiger partial charge is 0.322 e. The van der Waals surface area contributed by atoms with Gasteiger partial charge in [-0.25, -0.2) is 4.79 Å². The summed E-state index contributed by atoms with van der Waals surface area (Å²) in [5.74, 6) is 0.766. The van der Waals surface area contributed by atoms with Crippen molar-refractivity contribution < 1.29 is 9.53 Å². The van der Waals surface area contributed by atoms with Crippen LogP contribution in [0, 0.1) is 0 Å². The number of nitrogens with one attached hydrogen (secondary N) is 1. The third kappa shape index (κ3) is 4.93. The van der Waals surface area contributed by atoms with Crippen LogP contribution >= 0.6 is 11.8 Å². The van der Waals surface area contributed by atoms with Crippen molar-refractivity contribution >= 4 is 23.5 Å². The van der Waals surface area contributed by atoms with Crippen LogP contribution in [0.2, 0.25) is 0 Å². The Kier molecular flexibility index (Phi) is 6.55. The summed E-state index contributed by atoms with van der Waals surface area (Å²) in [4.78, 5) is 15.7. The lowest BCUT2D eigenvalue weighted by Gasteiger charge is -2.27. The number of hydrogen-bond acceptors (Lipinski definition) is 3. The van der Waals surface area contributed by atoms with Gasteiger partial charge >= 0.3 is 6.03 Å². The molecular weight excluding hydrogens is 320 g/mol. The van der Waals surface area contributed by atoms with E-state index in [1.54, 1.807) is 18.9 Å². The van der Waals surface area contributed by atoms with Crippen LogP contribution in [0.15, 0.2) is 53.4 Å². The van der Waals surface area contributed by atoms with Crippen molar-refractivity contribution in [2.75, 3.05) is 18.7 Å². The molecule has 4 nitrogen and oxygen atoms in total. The quantitative estimate of drug-likeness (QED) is 0.761. The maximum atomic E-state index is 12.6. The summed E-state index contributed by atoms with van der Waals surface area (Å²) < 4.78 is 5.14. The Morgan fingerprint density at radius 3 is 2.50 bits per heavy atom. The van der Waals surface area contributed by atoms with Crippen LogP contribution in [0.5, 0.6) is 5.75 Å². The van der Waals surface area contributed by atoms with Crippen LogP contribution in [0.4, 0.5) is 10.5 Å². The molecule has 0 aliphatic carbocycles. The maximum absolute atomic E-state index is 12.6. The minimum Gasteiger partial charge on any atom is -0.497 e. The number of carbonyl (C=O) groups excluding carboxylic acids is 1. The molecule has 0 saturated carbocycles. The third-order valence-corrected chi connectivity index (χ3v) is 4.44. The number of benzene rings is 2. The molecule has 0 spiro atoms. The number of anilines is 1. The van der Waals surface area contributed by atoms with Gasteiger partial charge in [0.25, 0.3) is 0 Å². The van der Waals surface area contributed by atoms with Gasteiger partial charge in [0.05, 0.1) is 7.11 Å². The van der Waals surface area contributed by atoms with Crippen molar-refractivity contribution in [3.63, 3.8) is 0 Å². The van der Waals surface area contributed by atoms with Gasteiger partial charge in [0.2, 0.25) is 0 Å². The van der Waals surface area contributed by atoms with Gasteiger partial charge in [0.15, 0.2) is 0 Å². The van der Waals surface area contributed by atoms with E-state index in [0.29, 0.717) is 6.54 Å². The largest absolute Gasteiger partial charge is 0.497 e. The Morgan fingerprint density at radius 2 is 1.92 bits per heavy atom. The normalized spacial score (nSPS) is 10.5. The lowest BCUT2D eigenvalue weighted by molar-refractivity contribution is 0.193. The molecule has 0 aliphatic heterocycles. The third-order valence-electron chi connectivity index (χ3n) is 3.71. The highest BCUT2D eigenvalue weighted by molar-refractivity contribution is 7.98. The van der Waals surface area contributed by atoms with E-state index in [4.69, 9.17) is 4.74 Å². The lowest BCUT2D eigenvalue weighted by atomic mass is 10.2. The van der Waals surface area contributed by atoms with Gasteiger partial charge in [0, 0.05) is 23.2 Å². The summed E-state index contributed by atoms with van der Waals surface area (Å²) >= 11 is 1.70. The van der Waals surface area contributed by atoms with Crippen LogP contribution < -0.4 is 10.1 Å². The molecule has 128 valence electrons. The zero-order valence-electron chi connectivity index (χ0n) is 14.6. The molecule has 2 amide bonds. The topological polar surface area (TPSA) is 41.6 Å². The zero-order valence-corrected chi connectivity index (χ0v) is 15.4. The van der Waals surface area contributed by atoms with E-state index in [9.17, 15) is 4.79 Å². The second kappa shape index (κ2) is 8.64. The molecule has 0 atom stereocenters. The lowest BCUT2D eigenvalue weighted by Crippen LogP contribution is -2.39. The molecule has 0 aromatic heterocycles. The predicted molar refractivity (Wildman–Crippen MR) is 101 cm³/mol. The molecule has 0 fully saturated rings. The minimum absolute atomic E-state index is 0.0983. The molecule has 0 heterocycles. The molecule has 2 aromatic rings. The second-order valence-corrected chi connectivity index (χ2v) is 6.61. The highest BCUT2D eigenvalue weighted by Crippen LogP contribution is 2.19. The van der Waals surface area contributed by atoms with Crippen LogP contribution in [-0.2, 0) is 6.54 Å². The van der Waals surface area contributed by atoms with E-state index in [-0.39, 0.29) is 12.1 Å². The first-order valence-corrected chi connectivity index (χ1v) is 9.10. The van der Waals surface area contributed by atoms with E-state index in [1.807, 2.05) is 49.1 Å². The number of thioether (sulfide) groups is 1. The number of nitrogens with zero attached hydrogens (tertiary/aromatic N) is 1. The first-order chi connectivity index (χ1) is 11.5. The summed E-state index contributed by atoms with van der Waals surface area (Å²) in [6.07, 6.45) is 2.05. The van der Waals surface area contributed by atoms with E-state index >= 15 is 0 Å². The van der Waals surface area contributed by atoms with Crippen LogP contribution in [0.1, 0.15) is 19.4 Å². The van der Waals surface area contributed by atoms with Crippen molar-refractivity contribution in [1.82, 2.24) is 4.90 Å². The van der Waals surface area contributed by atoms with E-state index in [0.717, 1.165) is 17.0 Å². The Bertz CT molecular complexity index is 671. The Labute approximate surface area is 148 Å². The number of rotatable bonds is 6. The number of carbonyl (C=O) groups is 1. The summed E-state index contributed by atoms with van der Waals surface area (Å²) in [5, 5.41) is 2.95. The van der Waals surface area contributed by atoms with Gasteiger partial charge in [-0.1, -0.05) is 12.1 Å². The zero-order chi connectivity index (χ0) is 17.5. The van der Waals surface area contributed by atoms with Crippen LogP contribution in [0.25, 0.3) is 0 Å². The summed E-state index contributed by atoms with van der Waals surface area (Å²) in [7, 11) is 1.62. The van der Waals surface area contributed by atoms with Crippen molar-refractivity contribution in [2.45, 2.75) is 31.3 Å². The molecule has 24 heavy (non-hydrogen) atoms. The molecule has 0 aliphatic rings. The summed E-state index contributed by atoms with van der Waals surface area (Å²) in [6.45, 7) is 4.62. The molecule has 0 saturated heterocycles.